The first-order valence-electron chi connectivity index (χ1n) is 3.12. The maximum atomic E-state index is 3.49. The molecule has 0 nitrogen and oxygen atoms in total. The van der Waals surface area contributed by atoms with Gasteiger partial charge in [0, 0.05) is 0 Å². The molecule has 1 aromatic carbocycles. The molecule has 11 heavy (non-hydrogen) atoms. The predicted octanol–water partition coefficient (Wildman–Crippen LogP) is -0.660. The second kappa shape index (κ2) is 16.8. The van der Waals surface area contributed by atoms with Crippen molar-refractivity contribution in [3.8, 4) is 0 Å². The molecule has 0 fully saturated rings. The van der Waals surface area contributed by atoms with Gasteiger partial charge in [-0.1, -0.05) is 6.92 Å². The fraction of sp³-hybridized carbons (Fsp3) is 0.222. The minimum Gasteiger partial charge on any atom is -1.00 e. The second-order valence-corrected chi connectivity index (χ2v) is 1.58. The van der Waals surface area contributed by atoms with E-state index in [1.807, 2.05) is 37.3 Å². The van der Waals surface area contributed by atoms with Crippen molar-refractivity contribution < 1.29 is 17.0 Å². The van der Waals surface area contributed by atoms with Crippen molar-refractivity contribution in [2.45, 2.75) is 13.3 Å². The van der Waals surface area contributed by atoms with Crippen LogP contribution in [-0.2, 0) is 0 Å². The molecule has 1 rings (SSSR count). The summed E-state index contributed by atoms with van der Waals surface area (Å²) in [6, 6.07) is 12.5. The molecule has 1 aromatic rings. The fourth-order valence-corrected chi connectivity index (χ4v) is 0.342. The van der Waals surface area contributed by atoms with Gasteiger partial charge in [0.15, 0.2) is 0 Å². The average Bonchev–Trinajstić information content (AvgIpc) is 1.93. The van der Waals surface area contributed by atoms with Gasteiger partial charge in [0.1, 0.15) is 0 Å². The molecule has 0 saturated heterocycles. The number of halogens is 1. The Labute approximate surface area is 96.3 Å². The van der Waals surface area contributed by atoms with E-state index in [9.17, 15) is 0 Å². The van der Waals surface area contributed by atoms with Crippen LogP contribution >= 0.6 is 0 Å². The zero-order valence-electron chi connectivity index (χ0n) is 6.89. The molecule has 0 amide bonds. The Kier molecular flexibility index (Phi) is 26.8. The maximum absolute atomic E-state index is 3.49. The molecule has 2 heteroatoms. The summed E-state index contributed by atoms with van der Waals surface area (Å²) < 4.78 is 0. The van der Waals surface area contributed by atoms with E-state index in [4.69, 9.17) is 0 Å². The predicted molar refractivity (Wildman–Crippen MR) is 46.7 cm³/mol. The van der Waals surface area contributed by atoms with Crippen LogP contribution in [0.3, 0.4) is 0 Å². The van der Waals surface area contributed by atoms with Gasteiger partial charge in [-0.3, -0.25) is 0 Å². The number of rotatable bonds is 0. The van der Waals surface area contributed by atoms with Crippen molar-refractivity contribution in [3.05, 3.63) is 43.3 Å². The summed E-state index contributed by atoms with van der Waals surface area (Å²) in [6.45, 7) is 5.50. The zero-order chi connectivity index (χ0) is 6.95. The molecule has 0 heterocycles. The Morgan fingerprint density at radius 1 is 1.18 bits per heavy atom. The molecule has 0 unspecified atom stereocenters. The molecular formula is C9H12BrMg-. The monoisotopic (exact) mass is 223 g/mol. The van der Waals surface area contributed by atoms with E-state index >= 15 is 0 Å². The van der Waals surface area contributed by atoms with E-state index in [1.54, 1.807) is 0 Å². The number of benzene rings is 1. The van der Waals surface area contributed by atoms with Gasteiger partial charge in [0.25, 0.3) is 0 Å². The summed E-state index contributed by atoms with van der Waals surface area (Å²) >= 11 is 0. The van der Waals surface area contributed by atoms with Crippen LogP contribution in [0.25, 0.3) is 0 Å². The minimum atomic E-state index is 0. The third kappa shape index (κ3) is 17.9. The first-order valence-corrected chi connectivity index (χ1v) is 3.12. The van der Waals surface area contributed by atoms with Crippen LogP contribution in [0, 0.1) is 13.0 Å². The third-order valence-electron chi connectivity index (χ3n) is 0.607. The van der Waals surface area contributed by atoms with Crippen LogP contribution in [-0.4, -0.2) is 23.1 Å². The first-order chi connectivity index (χ1) is 4.41. The molecule has 0 aliphatic carbocycles. The molecular weight excluding hydrogens is 212 g/mol. The molecule has 58 valence electrons. The Morgan fingerprint density at radius 3 is 1.64 bits per heavy atom. The van der Waals surface area contributed by atoms with Crippen molar-refractivity contribution in [3.63, 3.8) is 0 Å². The van der Waals surface area contributed by atoms with Crippen molar-refractivity contribution in [1.29, 1.82) is 0 Å². The summed E-state index contributed by atoms with van der Waals surface area (Å²) in [5, 5.41) is 0. The molecule has 0 aliphatic heterocycles. The molecule has 0 atom stereocenters. The van der Waals surface area contributed by atoms with E-state index in [2.05, 4.69) is 13.0 Å². The second-order valence-electron chi connectivity index (χ2n) is 1.58. The average molecular weight is 224 g/mol. The molecule has 0 aliphatic rings. The normalized spacial score (nSPS) is 6.00. The largest absolute Gasteiger partial charge is 2.00 e. The van der Waals surface area contributed by atoms with Gasteiger partial charge in [-0.15, -0.1) is 0 Å². The minimum absolute atomic E-state index is 0. The van der Waals surface area contributed by atoms with Crippen LogP contribution in [0.15, 0.2) is 30.3 Å². The van der Waals surface area contributed by atoms with Crippen LogP contribution < -0.4 is 17.0 Å². The fourth-order valence-electron chi connectivity index (χ4n) is 0.342. The van der Waals surface area contributed by atoms with Gasteiger partial charge in [0.05, 0.1) is 0 Å². The smallest absolute Gasteiger partial charge is 1.00 e. The summed E-state index contributed by atoms with van der Waals surface area (Å²) in [7, 11) is 0. The van der Waals surface area contributed by atoms with Gasteiger partial charge in [-0.25, -0.2) is 0 Å². The van der Waals surface area contributed by atoms with Gasteiger partial charge in [-0.2, -0.15) is 42.8 Å². The Morgan fingerprint density at radius 2 is 1.55 bits per heavy atom. The van der Waals surface area contributed by atoms with Crippen molar-refractivity contribution in [2.75, 3.05) is 0 Å². The number of hydrogen-bond donors (Lipinski definition) is 0. The van der Waals surface area contributed by atoms with Crippen molar-refractivity contribution in [2.24, 2.45) is 0 Å². The van der Waals surface area contributed by atoms with Crippen molar-refractivity contribution in [1.82, 2.24) is 0 Å². The topological polar surface area (TPSA) is 0 Å². The summed E-state index contributed by atoms with van der Waals surface area (Å²) in [6.07, 6.45) is 1.00. The zero-order valence-corrected chi connectivity index (χ0v) is 9.89. The summed E-state index contributed by atoms with van der Waals surface area (Å²) in [4.78, 5) is 0. The standard InChI is InChI=1S/C6H5.C3H7.BrH.Mg/c1-2-4-6-5-3-1;1-3-2;;/h1-5H;1,3H2,2H3;1H;/q2*-1;;+2/p-1. The first kappa shape index (κ1) is 17.5. The van der Waals surface area contributed by atoms with Gasteiger partial charge in [0.2, 0.25) is 0 Å². The Balaban J connectivity index is -0.000000116. The van der Waals surface area contributed by atoms with Crippen molar-refractivity contribution >= 4 is 23.1 Å². The molecule has 0 bridgehead atoms. The SMILES string of the molecule is [Br-].[CH2-]CC.[Mg+2].[c-]1ccccc1. The van der Waals surface area contributed by atoms with Crippen LogP contribution in [0.4, 0.5) is 0 Å². The van der Waals surface area contributed by atoms with Gasteiger partial charge in [-0.05, 0) is 0 Å². The van der Waals surface area contributed by atoms with Crippen LogP contribution in [0.1, 0.15) is 13.3 Å². The van der Waals surface area contributed by atoms with Gasteiger partial charge < -0.3 is 23.9 Å². The summed E-state index contributed by atoms with van der Waals surface area (Å²) in [5.41, 5.74) is 0. The van der Waals surface area contributed by atoms with E-state index in [0.717, 1.165) is 6.42 Å². The molecule has 0 radical (unpaired) electrons. The van der Waals surface area contributed by atoms with E-state index in [1.165, 1.54) is 0 Å². The maximum Gasteiger partial charge on any atom is 2.00 e. The molecule has 0 spiro atoms. The van der Waals surface area contributed by atoms with Crippen LogP contribution in [0.5, 0.6) is 0 Å². The number of hydrogen-bond acceptors (Lipinski definition) is 0. The van der Waals surface area contributed by atoms with E-state index < -0.39 is 0 Å². The van der Waals surface area contributed by atoms with Crippen LogP contribution in [0.2, 0.25) is 0 Å². The molecule has 0 N–H and O–H groups in total. The quantitative estimate of drug-likeness (QED) is 0.405. The Hall–Kier alpha value is 0.466. The third-order valence-corrected chi connectivity index (χ3v) is 0.607. The van der Waals surface area contributed by atoms with Gasteiger partial charge >= 0.3 is 23.1 Å². The molecule has 0 saturated carbocycles. The Bertz CT molecular complexity index is 92.4. The molecule has 0 aromatic heterocycles. The van der Waals surface area contributed by atoms with E-state index in [-0.39, 0.29) is 40.0 Å². The summed E-state index contributed by atoms with van der Waals surface area (Å²) in [5.74, 6) is 0. The van der Waals surface area contributed by atoms with E-state index in [0.29, 0.717) is 0 Å².